The van der Waals surface area contributed by atoms with E-state index in [1.807, 2.05) is 6.07 Å². The van der Waals surface area contributed by atoms with Gasteiger partial charge in [-0.2, -0.15) is 0 Å². The summed E-state index contributed by atoms with van der Waals surface area (Å²) >= 11 is 0. The normalized spacial score (nSPS) is 15.2. The van der Waals surface area contributed by atoms with Crippen molar-refractivity contribution in [2.75, 3.05) is 15.8 Å². The van der Waals surface area contributed by atoms with Crippen LogP contribution in [-0.2, 0) is 14.8 Å². The number of hydrogen-bond acceptors (Lipinski definition) is 4. The van der Waals surface area contributed by atoms with Gasteiger partial charge in [0.2, 0.25) is 15.9 Å². The molecular formula is C22H25FN4O3S. The number of carbonyl (C=O) groups excluding carboxylic acids is 1. The molecule has 164 valence electrons. The highest BCUT2D eigenvalue weighted by Gasteiger charge is 2.22. The number of carbonyl (C=O) groups is 1. The maximum Gasteiger partial charge on any atom is 0.232 e. The Morgan fingerprint density at radius 2 is 1.97 bits per heavy atom. The number of amides is 1. The summed E-state index contributed by atoms with van der Waals surface area (Å²) in [6.07, 6.45) is 6.76. The third-order valence-electron chi connectivity index (χ3n) is 5.68. The first-order chi connectivity index (χ1) is 14.9. The van der Waals surface area contributed by atoms with Crippen molar-refractivity contribution in [1.29, 1.82) is 0 Å². The molecule has 0 spiro atoms. The molecule has 3 aromatic rings. The highest BCUT2D eigenvalue weighted by Crippen LogP contribution is 2.33. The largest absolute Gasteiger partial charge is 0.346 e. The van der Waals surface area contributed by atoms with E-state index in [1.165, 1.54) is 19.1 Å². The maximum absolute atomic E-state index is 14.7. The van der Waals surface area contributed by atoms with Crippen molar-refractivity contribution in [3.8, 4) is 11.1 Å². The Kier molecular flexibility index (Phi) is 5.95. The molecular weight excluding hydrogens is 419 g/mol. The molecule has 7 nitrogen and oxygen atoms in total. The fraction of sp³-hybridized carbons (Fsp3) is 0.364. The molecule has 0 atom stereocenters. The summed E-state index contributed by atoms with van der Waals surface area (Å²) < 4.78 is 40.4. The van der Waals surface area contributed by atoms with Gasteiger partial charge in [0.05, 0.1) is 11.4 Å². The van der Waals surface area contributed by atoms with Crippen molar-refractivity contribution in [3.05, 3.63) is 42.3 Å². The predicted octanol–water partition coefficient (Wildman–Crippen LogP) is 4.65. The SMILES string of the molecule is CCS(=O)(=O)Nc1ccc(-c2cc(NC(=O)C3CCCCC3)nc3[nH]ccc23)cc1F. The Morgan fingerprint density at radius 1 is 1.19 bits per heavy atom. The third kappa shape index (κ3) is 4.71. The summed E-state index contributed by atoms with van der Waals surface area (Å²) in [6.45, 7) is 1.48. The van der Waals surface area contributed by atoms with Crippen LogP contribution in [0.5, 0.6) is 0 Å². The number of nitrogens with one attached hydrogen (secondary N) is 3. The van der Waals surface area contributed by atoms with Crippen molar-refractivity contribution >= 4 is 38.5 Å². The Morgan fingerprint density at radius 3 is 2.68 bits per heavy atom. The van der Waals surface area contributed by atoms with E-state index in [4.69, 9.17) is 0 Å². The van der Waals surface area contributed by atoms with E-state index in [-0.39, 0.29) is 23.3 Å². The van der Waals surface area contributed by atoms with E-state index < -0.39 is 15.8 Å². The Labute approximate surface area is 180 Å². The lowest BCUT2D eigenvalue weighted by Crippen LogP contribution is -2.25. The number of halogens is 1. The zero-order chi connectivity index (χ0) is 22.0. The average molecular weight is 445 g/mol. The van der Waals surface area contributed by atoms with Gasteiger partial charge in [0, 0.05) is 17.5 Å². The highest BCUT2D eigenvalue weighted by molar-refractivity contribution is 7.92. The number of nitrogens with zero attached hydrogens (tertiary/aromatic N) is 1. The van der Waals surface area contributed by atoms with E-state index in [0.29, 0.717) is 22.6 Å². The van der Waals surface area contributed by atoms with Crippen LogP contribution in [0.2, 0.25) is 0 Å². The van der Waals surface area contributed by atoms with E-state index in [0.717, 1.165) is 37.5 Å². The van der Waals surface area contributed by atoms with Gasteiger partial charge in [-0.25, -0.2) is 17.8 Å². The summed E-state index contributed by atoms with van der Waals surface area (Å²) in [4.78, 5) is 20.2. The number of aromatic nitrogens is 2. The van der Waals surface area contributed by atoms with Gasteiger partial charge in [0.25, 0.3) is 0 Å². The van der Waals surface area contributed by atoms with Crippen molar-refractivity contribution in [2.45, 2.75) is 39.0 Å². The molecule has 1 aromatic carbocycles. The quantitative estimate of drug-likeness (QED) is 0.515. The Bertz CT molecular complexity index is 1220. The Balaban J connectivity index is 1.66. The fourth-order valence-electron chi connectivity index (χ4n) is 3.94. The van der Waals surface area contributed by atoms with Gasteiger partial charge >= 0.3 is 0 Å². The van der Waals surface area contributed by atoms with Crippen LogP contribution in [0.3, 0.4) is 0 Å². The zero-order valence-corrected chi connectivity index (χ0v) is 18.1. The number of pyridine rings is 1. The predicted molar refractivity (Wildman–Crippen MR) is 120 cm³/mol. The molecule has 2 aromatic heterocycles. The van der Waals surface area contributed by atoms with Crippen LogP contribution in [0.15, 0.2) is 36.5 Å². The monoisotopic (exact) mass is 444 g/mol. The number of hydrogen-bond donors (Lipinski definition) is 3. The van der Waals surface area contributed by atoms with E-state index in [2.05, 4.69) is 20.0 Å². The van der Waals surface area contributed by atoms with Crippen LogP contribution in [-0.4, -0.2) is 30.0 Å². The molecule has 4 rings (SSSR count). The van der Waals surface area contributed by atoms with Gasteiger partial charge in [0.1, 0.15) is 17.3 Å². The fourth-order valence-corrected chi connectivity index (χ4v) is 4.58. The number of benzene rings is 1. The van der Waals surface area contributed by atoms with Crippen molar-refractivity contribution in [3.63, 3.8) is 0 Å². The molecule has 31 heavy (non-hydrogen) atoms. The van der Waals surface area contributed by atoms with Crippen molar-refractivity contribution in [2.24, 2.45) is 5.92 Å². The van der Waals surface area contributed by atoms with Crippen LogP contribution >= 0.6 is 0 Å². The minimum atomic E-state index is -3.58. The zero-order valence-electron chi connectivity index (χ0n) is 17.2. The molecule has 0 saturated heterocycles. The molecule has 0 bridgehead atoms. The van der Waals surface area contributed by atoms with Crippen molar-refractivity contribution < 1.29 is 17.6 Å². The molecule has 2 heterocycles. The summed E-state index contributed by atoms with van der Waals surface area (Å²) in [7, 11) is -3.58. The lowest BCUT2D eigenvalue weighted by molar-refractivity contribution is -0.120. The maximum atomic E-state index is 14.7. The standard InChI is InChI=1S/C22H25FN4O3S/c1-2-31(29,30)27-19-9-8-15(12-18(19)23)17-13-20(25-21-16(17)10-11-24-21)26-22(28)14-6-4-3-5-7-14/h8-14,27H,2-7H2,1H3,(H2,24,25,26,28). The first kappa shape index (κ1) is 21.3. The summed E-state index contributed by atoms with van der Waals surface area (Å²) in [5.74, 6) is -0.479. The first-order valence-corrected chi connectivity index (χ1v) is 12.1. The van der Waals surface area contributed by atoms with Gasteiger partial charge < -0.3 is 10.3 Å². The van der Waals surface area contributed by atoms with Gasteiger partial charge in [-0.1, -0.05) is 25.3 Å². The van der Waals surface area contributed by atoms with Gasteiger partial charge in [-0.15, -0.1) is 0 Å². The van der Waals surface area contributed by atoms with Crippen LogP contribution in [0.4, 0.5) is 15.9 Å². The second-order valence-corrected chi connectivity index (χ2v) is 9.83. The van der Waals surface area contributed by atoms with Crippen molar-refractivity contribution in [1.82, 2.24) is 9.97 Å². The molecule has 1 saturated carbocycles. The second kappa shape index (κ2) is 8.66. The number of rotatable bonds is 6. The number of H-pyrrole nitrogens is 1. The van der Waals surface area contributed by atoms with Gasteiger partial charge in [0.15, 0.2) is 0 Å². The third-order valence-corrected chi connectivity index (χ3v) is 6.97. The minimum absolute atomic E-state index is 0.0124. The summed E-state index contributed by atoms with van der Waals surface area (Å²) in [5, 5.41) is 3.69. The molecule has 0 aliphatic heterocycles. The molecule has 0 unspecified atom stereocenters. The van der Waals surface area contributed by atoms with E-state index in [9.17, 15) is 17.6 Å². The van der Waals surface area contributed by atoms with Crippen LogP contribution in [0.25, 0.3) is 22.2 Å². The van der Waals surface area contributed by atoms with Gasteiger partial charge in [-0.3, -0.25) is 9.52 Å². The number of aromatic amines is 1. The molecule has 1 amide bonds. The van der Waals surface area contributed by atoms with Crippen LogP contribution < -0.4 is 10.0 Å². The molecule has 0 radical (unpaired) electrons. The molecule has 1 aliphatic carbocycles. The average Bonchev–Trinajstić information content (AvgIpc) is 3.24. The summed E-state index contributed by atoms with van der Waals surface area (Å²) in [6, 6.07) is 7.88. The molecule has 1 aliphatic rings. The number of fused-ring (bicyclic) bond motifs is 1. The minimum Gasteiger partial charge on any atom is -0.346 e. The Hall–Kier alpha value is -2.94. The molecule has 9 heteroatoms. The first-order valence-electron chi connectivity index (χ1n) is 10.5. The van der Waals surface area contributed by atoms with E-state index in [1.54, 1.807) is 18.3 Å². The number of sulfonamides is 1. The van der Waals surface area contributed by atoms with E-state index >= 15 is 0 Å². The highest BCUT2D eigenvalue weighted by atomic mass is 32.2. The number of anilines is 2. The lowest BCUT2D eigenvalue weighted by Gasteiger charge is -2.20. The second-order valence-electron chi connectivity index (χ2n) is 7.82. The molecule has 3 N–H and O–H groups in total. The lowest BCUT2D eigenvalue weighted by atomic mass is 9.88. The van der Waals surface area contributed by atoms with Crippen LogP contribution in [0, 0.1) is 11.7 Å². The smallest absolute Gasteiger partial charge is 0.232 e. The topological polar surface area (TPSA) is 104 Å². The summed E-state index contributed by atoms with van der Waals surface area (Å²) in [5.41, 5.74) is 1.72. The molecule has 1 fully saturated rings. The van der Waals surface area contributed by atoms with Gasteiger partial charge in [-0.05, 0) is 55.2 Å². The van der Waals surface area contributed by atoms with Crippen LogP contribution in [0.1, 0.15) is 39.0 Å².